The molecule has 0 aromatic carbocycles. The van der Waals surface area contributed by atoms with E-state index in [1.807, 2.05) is 6.20 Å². The van der Waals surface area contributed by atoms with Crippen molar-refractivity contribution in [2.45, 2.75) is 108 Å². The molecule has 0 radical (unpaired) electrons. The van der Waals surface area contributed by atoms with Gasteiger partial charge in [0.15, 0.2) is 5.82 Å². The molecule has 1 N–H and O–H groups in total. The number of nitrogens with zero attached hydrogens (tertiary/aromatic N) is 5. The zero-order valence-corrected chi connectivity index (χ0v) is 24.3. The Balaban J connectivity index is 1.17. The molecular formula is C31H47N5O2. The largest absolute Gasteiger partial charge is 0.487 e. The fraction of sp³-hybridized carbons (Fsp3) is 0.710. The topological polar surface area (TPSA) is 74.6 Å². The number of piperidine rings is 1. The number of rotatable bonds is 9. The molecule has 2 aromatic heterocycles. The van der Waals surface area contributed by atoms with Crippen molar-refractivity contribution in [2.75, 3.05) is 32.1 Å². The Hall–Kier alpha value is -2.25. The highest BCUT2D eigenvalue weighted by atomic mass is 16.5. The fourth-order valence-electron chi connectivity index (χ4n) is 6.39. The van der Waals surface area contributed by atoms with Gasteiger partial charge in [-0.1, -0.05) is 27.7 Å². The predicted molar refractivity (Wildman–Crippen MR) is 152 cm³/mol. The van der Waals surface area contributed by atoms with Crippen molar-refractivity contribution in [3.05, 3.63) is 41.9 Å². The van der Waals surface area contributed by atoms with Gasteiger partial charge in [-0.25, -0.2) is 0 Å². The predicted octanol–water partition coefficient (Wildman–Crippen LogP) is 5.12. The lowest BCUT2D eigenvalue weighted by Gasteiger charge is -2.37. The van der Waals surface area contributed by atoms with Gasteiger partial charge in [-0.3, -0.25) is 4.98 Å². The number of anilines is 1. The highest BCUT2D eigenvalue weighted by Crippen LogP contribution is 2.52. The van der Waals surface area contributed by atoms with E-state index in [0.29, 0.717) is 6.04 Å². The van der Waals surface area contributed by atoms with Crippen LogP contribution >= 0.6 is 0 Å². The number of hydrogen-bond donors (Lipinski definition) is 1. The summed E-state index contributed by atoms with van der Waals surface area (Å²) in [7, 11) is 4.28. The first kappa shape index (κ1) is 27.3. The number of aromatic nitrogens is 3. The summed E-state index contributed by atoms with van der Waals surface area (Å²) in [5.41, 5.74) is 2.08. The average molecular weight is 522 g/mol. The van der Waals surface area contributed by atoms with Gasteiger partial charge < -0.3 is 19.6 Å². The van der Waals surface area contributed by atoms with E-state index in [-0.39, 0.29) is 28.5 Å². The number of aliphatic hydroxyl groups excluding tert-OH is 1. The Labute approximate surface area is 229 Å². The van der Waals surface area contributed by atoms with Crippen molar-refractivity contribution in [1.82, 2.24) is 20.1 Å². The molecule has 3 atom stereocenters. The minimum Gasteiger partial charge on any atom is -0.487 e. The molecule has 1 unspecified atom stereocenters. The van der Waals surface area contributed by atoms with Crippen LogP contribution in [0.5, 0.6) is 5.75 Å². The summed E-state index contributed by atoms with van der Waals surface area (Å²) in [6.07, 6.45) is 10.6. The van der Waals surface area contributed by atoms with Crippen LogP contribution in [0, 0.1) is 5.41 Å². The first-order chi connectivity index (χ1) is 18.0. The van der Waals surface area contributed by atoms with E-state index in [0.717, 1.165) is 74.6 Å². The molecule has 2 aliphatic carbocycles. The minimum absolute atomic E-state index is 0.0596. The number of pyridine rings is 1. The van der Waals surface area contributed by atoms with E-state index in [4.69, 9.17) is 9.72 Å². The van der Waals surface area contributed by atoms with Crippen molar-refractivity contribution in [3.8, 4) is 5.75 Å². The second-order valence-electron chi connectivity index (χ2n) is 13.6. The van der Waals surface area contributed by atoms with Crippen LogP contribution in [0.3, 0.4) is 0 Å². The van der Waals surface area contributed by atoms with Crippen molar-refractivity contribution in [2.24, 2.45) is 5.41 Å². The van der Waals surface area contributed by atoms with Gasteiger partial charge >= 0.3 is 0 Å². The number of ether oxygens (including phenoxy) is 1. The van der Waals surface area contributed by atoms with Crippen LogP contribution in [-0.4, -0.2) is 70.6 Å². The standard InChI is InChI=1S/C31H47N5O2/c1-29(2,25-11-10-22(20-32-25)38-24-9-7-8-23(24)35(5)6)15-16-30(3,4)26-12-13-28(34-33-26)36-19-14-27(37)31(21-36)17-18-31/h10-13,20,23-24,27,37H,7-9,14-19,21H2,1-6H3/t23-,24-,27?/m1/s1. The van der Waals surface area contributed by atoms with Gasteiger partial charge in [-0.05, 0) is 89.7 Å². The van der Waals surface area contributed by atoms with Crippen LogP contribution < -0.4 is 9.64 Å². The SMILES string of the molecule is CN(C)[C@@H]1CCC[C@H]1Oc1ccc(C(C)(C)CCC(C)(C)c2ccc(N3CCC(O)C4(CC4)C3)nn2)nc1. The highest BCUT2D eigenvalue weighted by molar-refractivity contribution is 5.40. The summed E-state index contributed by atoms with van der Waals surface area (Å²) in [5.74, 6) is 1.80. The first-order valence-corrected chi connectivity index (χ1v) is 14.6. The van der Waals surface area contributed by atoms with E-state index in [1.165, 1.54) is 12.8 Å². The van der Waals surface area contributed by atoms with Gasteiger partial charge in [-0.15, -0.1) is 5.10 Å². The summed E-state index contributed by atoms with van der Waals surface area (Å²) < 4.78 is 6.33. The molecule has 3 heterocycles. The number of likely N-dealkylation sites (N-methyl/N-ethyl adjacent to an activating group) is 1. The van der Waals surface area contributed by atoms with Crippen molar-refractivity contribution in [3.63, 3.8) is 0 Å². The van der Waals surface area contributed by atoms with Gasteiger partial charge in [0.1, 0.15) is 11.9 Å². The van der Waals surface area contributed by atoms with Crippen LogP contribution in [0.2, 0.25) is 0 Å². The average Bonchev–Trinajstić information content (AvgIpc) is 3.51. The lowest BCUT2D eigenvalue weighted by Crippen LogP contribution is -2.45. The molecule has 1 aliphatic heterocycles. The fourth-order valence-corrected chi connectivity index (χ4v) is 6.39. The molecule has 0 amide bonds. The molecule has 0 bridgehead atoms. The van der Waals surface area contributed by atoms with Crippen molar-refractivity contribution in [1.29, 1.82) is 0 Å². The van der Waals surface area contributed by atoms with Crippen molar-refractivity contribution >= 4 is 5.82 Å². The molecule has 2 aromatic rings. The molecule has 2 saturated carbocycles. The quantitative estimate of drug-likeness (QED) is 0.491. The Bertz CT molecular complexity index is 1080. The van der Waals surface area contributed by atoms with Crippen LogP contribution in [0.1, 0.15) is 90.4 Å². The van der Waals surface area contributed by atoms with E-state index < -0.39 is 0 Å². The summed E-state index contributed by atoms with van der Waals surface area (Å²) in [6.45, 7) is 10.8. The van der Waals surface area contributed by atoms with Crippen LogP contribution in [0.25, 0.3) is 0 Å². The summed E-state index contributed by atoms with van der Waals surface area (Å²) >= 11 is 0. The minimum atomic E-state index is -0.158. The van der Waals surface area contributed by atoms with Crippen LogP contribution in [-0.2, 0) is 10.8 Å². The smallest absolute Gasteiger partial charge is 0.151 e. The van der Waals surface area contributed by atoms with Gasteiger partial charge in [-0.2, -0.15) is 5.10 Å². The Morgan fingerprint density at radius 1 is 0.974 bits per heavy atom. The second-order valence-corrected chi connectivity index (χ2v) is 13.6. The third-order valence-electron chi connectivity index (χ3n) is 9.62. The molecule has 3 aliphatic rings. The maximum absolute atomic E-state index is 10.3. The van der Waals surface area contributed by atoms with Gasteiger partial charge in [0.25, 0.3) is 0 Å². The molecule has 3 fully saturated rings. The summed E-state index contributed by atoms with van der Waals surface area (Å²) in [5, 5.41) is 19.6. The lowest BCUT2D eigenvalue weighted by molar-refractivity contribution is 0.0733. The third kappa shape index (κ3) is 5.69. The van der Waals surface area contributed by atoms with Crippen LogP contribution in [0.15, 0.2) is 30.5 Å². The van der Waals surface area contributed by atoms with Gasteiger partial charge in [0, 0.05) is 41.1 Å². The monoisotopic (exact) mass is 521 g/mol. The van der Waals surface area contributed by atoms with Crippen LogP contribution in [0.4, 0.5) is 5.82 Å². The van der Waals surface area contributed by atoms with E-state index in [9.17, 15) is 5.11 Å². The zero-order valence-electron chi connectivity index (χ0n) is 24.3. The Morgan fingerprint density at radius 2 is 1.68 bits per heavy atom. The number of aliphatic hydroxyl groups is 1. The van der Waals surface area contributed by atoms with E-state index in [1.54, 1.807) is 0 Å². The molecule has 7 heteroatoms. The molecule has 208 valence electrons. The third-order valence-corrected chi connectivity index (χ3v) is 9.62. The molecule has 7 nitrogen and oxygen atoms in total. The second kappa shape index (κ2) is 10.4. The maximum atomic E-state index is 10.3. The molecule has 5 rings (SSSR count). The maximum Gasteiger partial charge on any atom is 0.151 e. The lowest BCUT2D eigenvalue weighted by atomic mass is 9.75. The van der Waals surface area contributed by atoms with Gasteiger partial charge in [0.05, 0.1) is 18.0 Å². The Kier molecular flexibility index (Phi) is 7.46. The van der Waals surface area contributed by atoms with E-state index >= 15 is 0 Å². The molecular weight excluding hydrogens is 474 g/mol. The number of hydrogen-bond acceptors (Lipinski definition) is 7. The van der Waals surface area contributed by atoms with Crippen molar-refractivity contribution < 1.29 is 9.84 Å². The molecule has 38 heavy (non-hydrogen) atoms. The first-order valence-electron chi connectivity index (χ1n) is 14.6. The molecule has 1 spiro atoms. The van der Waals surface area contributed by atoms with Gasteiger partial charge in [0.2, 0.25) is 0 Å². The summed E-state index contributed by atoms with van der Waals surface area (Å²) in [6, 6.07) is 8.98. The highest BCUT2D eigenvalue weighted by Gasteiger charge is 2.52. The summed E-state index contributed by atoms with van der Waals surface area (Å²) in [4.78, 5) is 9.42. The normalized spacial score (nSPS) is 25.3. The van der Waals surface area contributed by atoms with E-state index in [2.05, 4.69) is 86.1 Å². The zero-order chi connectivity index (χ0) is 27.1. The Morgan fingerprint density at radius 3 is 2.29 bits per heavy atom. The molecule has 1 saturated heterocycles.